The minimum Gasteiger partial charge on any atom is -0.497 e. The average Bonchev–Trinajstić information content (AvgIpc) is 2.52. The van der Waals surface area contributed by atoms with Crippen LogP contribution in [0.25, 0.3) is 11.3 Å². The number of hydrogen-bond acceptors (Lipinski definition) is 6. The molecule has 0 fully saturated rings. The van der Waals surface area contributed by atoms with E-state index in [1.165, 1.54) is 13.2 Å². The van der Waals surface area contributed by atoms with Crippen LogP contribution < -0.4 is 10.3 Å². The Hall–Kier alpha value is -2.28. The highest BCUT2D eigenvalue weighted by molar-refractivity contribution is 7.99. The third-order valence-electron chi connectivity index (χ3n) is 2.66. The van der Waals surface area contributed by atoms with Gasteiger partial charge in [0.2, 0.25) is 0 Å². The second-order valence-corrected chi connectivity index (χ2v) is 4.99. The first kappa shape index (κ1) is 15.1. The van der Waals surface area contributed by atoms with Gasteiger partial charge in [-0.05, 0) is 24.3 Å². The lowest BCUT2D eigenvalue weighted by Crippen LogP contribution is -2.10. The van der Waals surface area contributed by atoms with E-state index in [2.05, 4.69) is 14.7 Å². The number of ether oxygens (including phenoxy) is 2. The Bertz CT molecular complexity index is 682. The van der Waals surface area contributed by atoms with E-state index in [-0.39, 0.29) is 17.3 Å². The van der Waals surface area contributed by atoms with Gasteiger partial charge in [-0.1, -0.05) is 11.8 Å². The van der Waals surface area contributed by atoms with Gasteiger partial charge >= 0.3 is 5.97 Å². The van der Waals surface area contributed by atoms with Gasteiger partial charge in [-0.25, -0.2) is 4.98 Å². The quantitative estimate of drug-likeness (QED) is 0.514. The topological polar surface area (TPSA) is 81.3 Å². The predicted molar refractivity (Wildman–Crippen MR) is 79.6 cm³/mol. The molecule has 0 unspecified atom stereocenters. The summed E-state index contributed by atoms with van der Waals surface area (Å²) >= 11 is 1.12. The van der Waals surface area contributed by atoms with Crippen molar-refractivity contribution in [1.82, 2.24) is 9.97 Å². The first-order valence-electron chi connectivity index (χ1n) is 6.08. The SMILES string of the molecule is COC(=O)CSc1nc(-c2ccc(OC)cc2)cc(=O)[nH]1. The van der Waals surface area contributed by atoms with E-state index in [0.717, 1.165) is 23.1 Å². The Morgan fingerprint density at radius 2 is 2.00 bits per heavy atom. The molecular weight excluding hydrogens is 292 g/mol. The molecule has 6 nitrogen and oxygen atoms in total. The van der Waals surface area contributed by atoms with E-state index < -0.39 is 0 Å². The molecule has 1 N–H and O–H groups in total. The van der Waals surface area contributed by atoms with Gasteiger partial charge in [0, 0.05) is 11.6 Å². The number of carbonyl (C=O) groups excluding carboxylic acids is 1. The fourth-order valence-electron chi connectivity index (χ4n) is 1.60. The second kappa shape index (κ2) is 6.94. The van der Waals surface area contributed by atoms with Crippen molar-refractivity contribution in [3.8, 4) is 17.0 Å². The van der Waals surface area contributed by atoms with Gasteiger partial charge in [0.1, 0.15) is 5.75 Å². The van der Waals surface area contributed by atoms with Gasteiger partial charge < -0.3 is 14.5 Å². The maximum absolute atomic E-state index is 11.7. The van der Waals surface area contributed by atoms with Crippen LogP contribution in [0.1, 0.15) is 0 Å². The molecule has 0 atom stereocenters. The minimum absolute atomic E-state index is 0.0888. The van der Waals surface area contributed by atoms with Crippen molar-refractivity contribution in [2.24, 2.45) is 0 Å². The van der Waals surface area contributed by atoms with Gasteiger partial charge in [-0.2, -0.15) is 0 Å². The van der Waals surface area contributed by atoms with Crippen LogP contribution in [-0.4, -0.2) is 35.9 Å². The smallest absolute Gasteiger partial charge is 0.316 e. The molecule has 0 bridgehead atoms. The van der Waals surface area contributed by atoms with Crippen molar-refractivity contribution in [2.75, 3.05) is 20.0 Å². The molecule has 1 aromatic heterocycles. The Kier molecular flexibility index (Phi) is 4.99. The number of nitrogens with zero attached hydrogens (tertiary/aromatic N) is 1. The lowest BCUT2D eigenvalue weighted by atomic mass is 10.1. The zero-order valence-electron chi connectivity index (χ0n) is 11.6. The number of benzene rings is 1. The number of nitrogens with one attached hydrogen (secondary N) is 1. The predicted octanol–water partition coefficient (Wildman–Crippen LogP) is 1.71. The summed E-state index contributed by atoms with van der Waals surface area (Å²) in [6.07, 6.45) is 0. The van der Waals surface area contributed by atoms with Crippen molar-refractivity contribution in [3.63, 3.8) is 0 Å². The average molecular weight is 306 g/mol. The molecule has 0 radical (unpaired) electrons. The molecule has 110 valence electrons. The minimum atomic E-state index is -0.377. The standard InChI is InChI=1S/C14H14N2O4S/c1-19-10-5-3-9(4-6-10)11-7-12(17)16-14(15-11)21-8-13(18)20-2/h3-7H,8H2,1-2H3,(H,15,16,17). The Morgan fingerprint density at radius 3 is 2.62 bits per heavy atom. The number of hydrogen-bond donors (Lipinski definition) is 1. The number of H-pyrrole nitrogens is 1. The molecule has 1 aromatic carbocycles. The van der Waals surface area contributed by atoms with Crippen molar-refractivity contribution in [3.05, 3.63) is 40.7 Å². The zero-order valence-corrected chi connectivity index (χ0v) is 12.4. The summed E-state index contributed by atoms with van der Waals surface area (Å²) in [5.41, 5.74) is 1.05. The van der Waals surface area contributed by atoms with Crippen LogP contribution in [0.4, 0.5) is 0 Å². The van der Waals surface area contributed by atoms with Crippen molar-refractivity contribution in [2.45, 2.75) is 5.16 Å². The van der Waals surface area contributed by atoms with Crippen molar-refractivity contribution >= 4 is 17.7 Å². The van der Waals surface area contributed by atoms with Crippen LogP contribution in [0.5, 0.6) is 5.75 Å². The first-order chi connectivity index (χ1) is 10.1. The molecule has 0 spiro atoms. The van der Waals surface area contributed by atoms with Crippen LogP contribution in [-0.2, 0) is 9.53 Å². The van der Waals surface area contributed by atoms with E-state index in [0.29, 0.717) is 10.9 Å². The van der Waals surface area contributed by atoms with Crippen molar-refractivity contribution < 1.29 is 14.3 Å². The Morgan fingerprint density at radius 1 is 1.29 bits per heavy atom. The fraction of sp³-hybridized carbons (Fsp3) is 0.214. The number of methoxy groups -OCH3 is 2. The summed E-state index contributed by atoms with van der Waals surface area (Å²) in [5.74, 6) is 0.437. The van der Waals surface area contributed by atoms with Gasteiger partial charge in [-0.3, -0.25) is 9.59 Å². The van der Waals surface area contributed by atoms with Crippen LogP contribution in [0.2, 0.25) is 0 Å². The molecule has 2 aromatic rings. The molecule has 0 amide bonds. The van der Waals surface area contributed by atoms with Crippen LogP contribution >= 0.6 is 11.8 Å². The highest BCUT2D eigenvalue weighted by Crippen LogP contribution is 2.21. The number of carbonyl (C=O) groups is 1. The van der Waals surface area contributed by atoms with Gasteiger partial charge in [-0.15, -0.1) is 0 Å². The molecule has 7 heteroatoms. The second-order valence-electron chi connectivity index (χ2n) is 4.03. The Labute approximate surface area is 125 Å². The fourth-order valence-corrected chi connectivity index (χ4v) is 2.31. The lowest BCUT2D eigenvalue weighted by molar-refractivity contribution is -0.137. The van der Waals surface area contributed by atoms with E-state index in [1.54, 1.807) is 19.2 Å². The normalized spacial score (nSPS) is 10.2. The van der Waals surface area contributed by atoms with E-state index in [4.69, 9.17) is 4.74 Å². The lowest BCUT2D eigenvalue weighted by Gasteiger charge is -2.05. The number of thioether (sulfide) groups is 1. The maximum atomic E-state index is 11.7. The molecule has 0 saturated carbocycles. The summed E-state index contributed by atoms with van der Waals surface area (Å²) in [6.45, 7) is 0. The molecule has 2 rings (SSSR count). The van der Waals surface area contributed by atoms with Crippen molar-refractivity contribution in [1.29, 1.82) is 0 Å². The molecule has 0 aliphatic carbocycles. The van der Waals surface area contributed by atoms with Crippen LogP contribution in [0.3, 0.4) is 0 Å². The highest BCUT2D eigenvalue weighted by Gasteiger charge is 2.07. The molecule has 0 aliphatic rings. The summed E-state index contributed by atoms with van der Waals surface area (Å²) in [7, 11) is 2.90. The van der Waals surface area contributed by atoms with Gasteiger partial charge in [0.25, 0.3) is 5.56 Å². The van der Waals surface area contributed by atoms with Gasteiger partial charge in [0.15, 0.2) is 5.16 Å². The molecule has 21 heavy (non-hydrogen) atoms. The van der Waals surface area contributed by atoms with Gasteiger partial charge in [0.05, 0.1) is 25.7 Å². The number of aromatic amines is 1. The van der Waals surface area contributed by atoms with E-state index >= 15 is 0 Å². The summed E-state index contributed by atoms with van der Waals surface area (Å²) in [6, 6.07) is 8.62. The third kappa shape index (κ3) is 4.09. The molecule has 0 saturated heterocycles. The van der Waals surface area contributed by atoms with Crippen LogP contribution in [0.15, 0.2) is 40.3 Å². The highest BCUT2D eigenvalue weighted by atomic mass is 32.2. The van der Waals surface area contributed by atoms with Crippen LogP contribution in [0, 0.1) is 0 Å². The summed E-state index contributed by atoms with van der Waals surface area (Å²) in [5, 5.41) is 0.374. The van der Waals surface area contributed by atoms with E-state index in [9.17, 15) is 9.59 Å². The molecule has 1 heterocycles. The number of esters is 1. The monoisotopic (exact) mass is 306 g/mol. The molecule has 0 aliphatic heterocycles. The number of rotatable bonds is 5. The first-order valence-corrected chi connectivity index (χ1v) is 7.06. The maximum Gasteiger partial charge on any atom is 0.316 e. The van der Waals surface area contributed by atoms with E-state index in [1.807, 2.05) is 12.1 Å². The zero-order chi connectivity index (χ0) is 15.2. The summed E-state index contributed by atoms with van der Waals surface area (Å²) < 4.78 is 9.64. The largest absolute Gasteiger partial charge is 0.497 e. The third-order valence-corrected chi connectivity index (χ3v) is 3.51. The molecular formula is C14H14N2O4S. The summed E-state index contributed by atoms with van der Waals surface area (Å²) in [4.78, 5) is 29.7. The Balaban J connectivity index is 2.25. The number of aromatic nitrogens is 2.